The monoisotopic (exact) mass is 239 g/mol. The van der Waals surface area contributed by atoms with E-state index in [1.807, 2.05) is 27.7 Å². The largest absolute Gasteiger partial charge is 0.498 e. The van der Waals surface area contributed by atoms with Gasteiger partial charge < -0.3 is 9.31 Å². The minimum atomic E-state index is -0.496. The number of aldehydes is 1. The molecule has 0 atom stereocenters. The van der Waals surface area contributed by atoms with Crippen molar-refractivity contribution in [3.63, 3.8) is 0 Å². The van der Waals surface area contributed by atoms with Crippen molar-refractivity contribution in [1.29, 1.82) is 0 Å². The standard InChI is InChI=1S/C10H14BNO3S/c1-9(2)10(3,4)15-11(14-9)7-6-16-12-8(7)5-13/h5-6H,1-4H3. The van der Waals surface area contributed by atoms with Crippen LogP contribution in [-0.2, 0) is 9.31 Å². The Kier molecular flexibility index (Phi) is 2.68. The molecule has 2 rings (SSSR count). The third-order valence-electron chi connectivity index (χ3n) is 3.25. The first-order valence-corrected chi connectivity index (χ1v) is 5.96. The normalized spacial score (nSPS) is 22.4. The molecule has 2 heterocycles. The molecule has 0 saturated carbocycles. The fourth-order valence-electron chi connectivity index (χ4n) is 1.49. The Morgan fingerprint density at radius 1 is 1.31 bits per heavy atom. The predicted octanol–water partition coefficient (Wildman–Crippen LogP) is 1.25. The highest BCUT2D eigenvalue weighted by Crippen LogP contribution is 2.36. The summed E-state index contributed by atoms with van der Waals surface area (Å²) in [5.74, 6) is 0. The van der Waals surface area contributed by atoms with Gasteiger partial charge in [-0.2, -0.15) is 4.37 Å². The Morgan fingerprint density at radius 2 is 1.88 bits per heavy atom. The van der Waals surface area contributed by atoms with Crippen molar-refractivity contribution in [1.82, 2.24) is 4.37 Å². The number of nitrogens with zero attached hydrogens (tertiary/aromatic N) is 1. The van der Waals surface area contributed by atoms with Gasteiger partial charge in [0.15, 0.2) is 6.29 Å². The smallest absolute Gasteiger partial charge is 0.399 e. The average molecular weight is 239 g/mol. The molecule has 86 valence electrons. The summed E-state index contributed by atoms with van der Waals surface area (Å²) in [7, 11) is -0.496. The molecule has 0 unspecified atom stereocenters. The molecule has 4 nitrogen and oxygen atoms in total. The summed E-state index contributed by atoms with van der Waals surface area (Å²) in [5.41, 5.74) is 0.349. The number of hydrogen-bond acceptors (Lipinski definition) is 5. The van der Waals surface area contributed by atoms with E-state index in [0.29, 0.717) is 5.69 Å². The second kappa shape index (κ2) is 3.65. The van der Waals surface area contributed by atoms with Gasteiger partial charge in [0.2, 0.25) is 0 Å². The summed E-state index contributed by atoms with van der Waals surface area (Å²) >= 11 is 1.24. The summed E-state index contributed by atoms with van der Waals surface area (Å²) < 4.78 is 15.7. The van der Waals surface area contributed by atoms with E-state index >= 15 is 0 Å². The molecule has 1 aromatic rings. The molecule has 0 amide bonds. The SMILES string of the molecule is CC1(C)OB(c2csnc2C=O)OC1(C)C. The van der Waals surface area contributed by atoms with Gasteiger partial charge in [0, 0.05) is 10.8 Å². The summed E-state index contributed by atoms with van der Waals surface area (Å²) in [5, 5.41) is 1.80. The predicted molar refractivity (Wildman–Crippen MR) is 63.2 cm³/mol. The van der Waals surface area contributed by atoms with E-state index in [4.69, 9.17) is 9.31 Å². The molecule has 1 aliphatic heterocycles. The zero-order valence-electron chi connectivity index (χ0n) is 9.81. The van der Waals surface area contributed by atoms with E-state index in [1.54, 1.807) is 5.38 Å². The van der Waals surface area contributed by atoms with Gasteiger partial charge in [-0.3, -0.25) is 4.79 Å². The lowest BCUT2D eigenvalue weighted by Crippen LogP contribution is -2.41. The number of carbonyl (C=O) groups is 1. The molecule has 0 N–H and O–H groups in total. The van der Waals surface area contributed by atoms with Gasteiger partial charge in [-0.15, -0.1) is 0 Å². The van der Waals surface area contributed by atoms with Crippen molar-refractivity contribution >= 4 is 30.4 Å². The molecule has 1 aromatic heterocycles. The van der Waals surface area contributed by atoms with Crippen LogP contribution in [0.5, 0.6) is 0 Å². The second-order valence-corrected chi connectivity index (χ2v) is 5.49. The Balaban J connectivity index is 2.30. The Morgan fingerprint density at radius 3 is 2.38 bits per heavy atom. The quantitative estimate of drug-likeness (QED) is 0.575. The van der Waals surface area contributed by atoms with Crippen LogP contribution in [-0.4, -0.2) is 29.0 Å². The maximum absolute atomic E-state index is 10.8. The molecule has 0 aromatic carbocycles. The van der Waals surface area contributed by atoms with Crippen molar-refractivity contribution in [2.24, 2.45) is 0 Å². The summed E-state index contributed by atoms with van der Waals surface area (Å²) in [6.45, 7) is 7.92. The van der Waals surface area contributed by atoms with Crippen LogP contribution in [0.1, 0.15) is 38.2 Å². The number of rotatable bonds is 2. The zero-order valence-corrected chi connectivity index (χ0v) is 10.6. The molecular formula is C10H14BNO3S. The van der Waals surface area contributed by atoms with Gasteiger partial charge in [-0.25, -0.2) is 0 Å². The lowest BCUT2D eigenvalue weighted by molar-refractivity contribution is 0.00578. The third kappa shape index (κ3) is 1.71. The van der Waals surface area contributed by atoms with Crippen LogP contribution < -0.4 is 5.46 Å². The first-order valence-electron chi connectivity index (χ1n) is 5.12. The second-order valence-electron chi connectivity index (χ2n) is 4.86. The highest BCUT2D eigenvalue weighted by Gasteiger charge is 2.52. The minimum Gasteiger partial charge on any atom is -0.399 e. The maximum Gasteiger partial charge on any atom is 0.498 e. The topological polar surface area (TPSA) is 48.4 Å². The minimum absolute atomic E-state index is 0.389. The van der Waals surface area contributed by atoms with E-state index in [-0.39, 0.29) is 11.2 Å². The number of hydrogen-bond donors (Lipinski definition) is 0. The molecule has 0 bridgehead atoms. The zero-order chi connectivity index (χ0) is 12.0. The summed E-state index contributed by atoms with van der Waals surface area (Å²) in [6, 6.07) is 0. The van der Waals surface area contributed by atoms with Crippen LogP contribution in [0.15, 0.2) is 5.38 Å². The van der Waals surface area contributed by atoms with Crippen molar-refractivity contribution in [3.05, 3.63) is 11.1 Å². The molecule has 1 aliphatic rings. The first kappa shape index (κ1) is 11.8. The maximum atomic E-state index is 10.8. The van der Waals surface area contributed by atoms with Gasteiger partial charge in [0.25, 0.3) is 0 Å². The van der Waals surface area contributed by atoms with Crippen LogP contribution in [0.4, 0.5) is 0 Å². The molecule has 0 aliphatic carbocycles. The fourth-order valence-corrected chi connectivity index (χ4v) is 2.15. The highest BCUT2D eigenvalue weighted by molar-refractivity contribution is 7.05. The molecule has 6 heteroatoms. The van der Waals surface area contributed by atoms with E-state index in [2.05, 4.69) is 4.37 Å². The van der Waals surface area contributed by atoms with E-state index in [1.165, 1.54) is 11.5 Å². The molecule has 1 fully saturated rings. The number of carbonyl (C=O) groups excluding carboxylic acids is 1. The lowest BCUT2D eigenvalue weighted by atomic mass is 9.80. The van der Waals surface area contributed by atoms with Crippen LogP contribution in [0.2, 0.25) is 0 Å². The Bertz CT molecular complexity index is 400. The average Bonchev–Trinajstić information content (AvgIpc) is 2.69. The van der Waals surface area contributed by atoms with Crippen molar-refractivity contribution in [2.45, 2.75) is 38.9 Å². The molecule has 0 radical (unpaired) electrons. The summed E-state index contributed by atoms with van der Waals surface area (Å²) in [4.78, 5) is 10.8. The third-order valence-corrected chi connectivity index (χ3v) is 3.91. The van der Waals surface area contributed by atoms with Crippen LogP contribution in [0.3, 0.4) is 0 Å². The lowest BCUT2D eigenvalue weighted by Gasteiger charge is -2.32. The van der Waals surface area contributed by atoms with Crippen molar-refractivity contribution in [2.75, 3.05) is 0 Å². The van der Waals surface area contributed by atoms with Gasteiger partial charge >= 0.3 is 7.12 Å². The number of aromatic nitrogens is 1. The van der Waals surface area contributed by atoms with E-state index in [0.717, 1.165) is 11.7 Å². The van der Waals surface area contributed by atoms with Gasteiger partial charge in [0.05, 0.1) is 11.2 Å². The van der Waals surface area contributed by atoms with Gasteiger partial charge in [-0.1, -0.05) is 0 Å². The van der Waals surface area contributed by atoms with Crippen LogP contribution in [0.25, 0.3) is 0 Å². The van der Waals surface area contributed by atoms with Crippen molar-refractivity contribution < 1.29 is 14.1 Å². The van der Waals surface area contributed by atoms with Crippen LogP contribution >= 0.6 is 11.5 Å². The Hall–Kier alpha value is -0.715. The molecule has 0 spiro atoms. The Labute approximate surface area is 99.3 Å². The van der Waals surface area contributed by atoms with Crippen molar-refractivity contribution in [3.8, 4) is 0 Å². The first-order chi connectivity index (χ1) is 7.37. The van der Waals surface area contributed by atoms with E-state index in [9.17, 15) is 4.79 Å². The van der Waals surface area contributed by atoms with Gasteiger partial charge in [0.1, 0.15) is 5.69 Å². The molecule has 16 heavy (non-hydrogen) atoms. The van der Waals surface area contributed by atoms with Gasteiger partial charge in [-0.05, 0) is 39.2 Å². The molecule has 1 saturated heterocycles. The molecular weight excluding hydrogens is 225 g/mol. The fraction of sp³-hybridized carbons (Fsp3) is 0.600. The highest BCUT2D eigenvalue weighted by atomic mass is 32.1. The van der Waals surface area contributed by atoms with E-state index < -0.39 is 7.12 Å². The summed E-state index contributed by atoms with van der Waals surface area (Å²) in [6.07, 6.45) is 0.733. The van der Waals surface area contributed by atoms with Crippen LogP contribution in [0, 0.1) is 0 Å².